The van der Waals surface area contributed by atoms with Gasteiger partial charge in [-0.3, -0.25) is 4.90 Å². The van der Waals surface area contributed by atoms with Gasteiger partial charge in [0.1, 0.15) is 0 Å². The van der Waals surface area contributed by atoms with Crippen molar-refractivity contribution in [2.75, 3.05) is 13.1 Å². The molecule has 0 bridgehead atoms. The van der Waals surface area contributed by atoms with Gasteiger partial charge in [-0.05, 0) is 31.4 Å². The Labute approximate surface area is 114 Å². The van der Waals surface area contributed by atoms with Crippen molar-refractivity contribution in [1.82, 2.24) is 14.5 Å². The Bertz CT molecular complexity index is 492. The number of aromatic nitrogens is 2. The first-order chi connectivity index (χ1) is 9.33. The van der Waals surface area contributed by atoms with E-state index in [1.54, 1.807) is 0 Å². The highest BCUT2D eigenvalue weighted by Crippen LogP contribution is 2.27. The molecule has 3 heteroatoms. The van der Waals surface area contributed by atoms with Crippen LogP contribution in [0, 0.1) is 5.92 Å². The van der Waals surface area contributed by atoms with Crippen molar-refractivity contribution in [3.63, 3.8) is 0 Å². The molecule has 1 aliphatic heterocycles. The summed E-state index contributed by atoms with van der Waals surface area (Å²) >= 11 is 0. The summed E-state index contributed by atoms with van der Waals surface area (Å²) in [7, 11) is 0. The number of imidazole rings is 1. The predicted molar refractivity (Wildman–Crippen MR) is 76.8 cm³/mol. The average Bonchev–Trinajstić information content (AvgIpc) is 3.11. The van der Waals surface area contributed by atoms with Crippen molar-refractivity contribution < 1.29 is 0 Å². The minimum absolute atomic E-state index is 0.522. The predicted octanol–water partition coefficient (Wildman–Crippen LogP) is 2.97. The van der Waals surface area contributed by atoms with Crippen LogP contribution in [0.3, 0.4) is 0 Å². The standard InChI is InChI=1S/C16H21N3/c1-14(16-5-3-2-4-6-16)19-9-7-15(12-19)11-18-10-8-17-13-18/h2-6,8,10,13-15H,7,9,11-12H2,1H3. The van der Waals surface area contributed by atoms with Gasteiger partial charge in [0.2, 0.25) is 0 Å². The topological polar surface area (TPSA) is 21.1 Å². The van der Waals surface area contributed by atoms with Crippen LogP contribution in [0.2, 0.25) is 0 Å². The highest BCUT2D eigenvalue weighted by atomic mass is 15.2. The maximum Gasteiger partial charge on any atom is 0.0946 e. The van der Waals surface area contributed by atoms with Gasteiger partial charge in [0.15, 0.2) is 0 Å². The Morgan fingerprint density at radius 1 is 1.32 bits per heavy atom. The molecule has 1 aliphatic rings. The molecule has 100 valence electrons. The van der Waals surface area contributed by atoms with E-state index in [1.165, 1.54) is 25.1 Å². The van der Waals surface area contributed by atoms with Crippen LogP contribution in [0.1, 0.15) is 24.9 Å². The third-order valence-corrected chi connectivity index (χ3v) is 4.18. The summed E-state index contributed by atoms with van der Waals surface area (Å²) in [4.78, 5) is 6.71. The molecule has 3 nitrogen and oxygen atoms in total. The zero-order chi connectivity index (χ0) is 13.1. The SMILES string of the molecule is CC(c1ccccc1)N1CCC(Cn2ccnc2)C1. The normalized spacial score (nSPS) is 21.6. The van der Waals surface area contributed by atoms with Gasteiger partial charge < -0.3 is 4.57 Å². The van der Waals surface area contributed by atoms with Gasteiger partial charge in [-0.25, -0.2) is 4.98 Å². The molecule has 1 aromatic heterocycles. The van der Waals surface area contributed by atoms with Crippen LogP contribution in [-0.4, -0.2) is 27.5 Å². The van der Waals surface area contributed by atoms with Crippen LogP contribution >= 0.6 is 0 Å². The molecule has 19 heavy (non-hydrogen) atoms. The van der Waals surface area contributed by atoms with Crippen LogP contribution in [0.4, 0.5) is 0 Å². The summed E-state index contributed by atoms with van der Waals surface area (Å²) in [5, 5.41) is 0. The molecule has 3 rings (SSSR count). The monoisotopic (exact) mass is 255 g/mol. The average molecular weight is 255 g/mol. The van der Waals surface area contributed by atoms with Crippen molar-refractivity contribution >= 4 is 0 Å². The second kappa shape index (κ2) is 5.57. The van der Waals surface area contributed by atoms with E-state index in [0.29, 0.717) is 6.04 Å². The van der Waals surface area contributed by atoms with E-state index in [-0.39, 0.29) is 0 Å². The fourth-order valence-corrected chi connectivity index (χ4v) is 3.00. The molecule has 2 heterocycles. The zero-order valence-corrected chi connectivity index (χ0v) is 11.4. The van der Waals surface area contributed by atoms with Crippen molar-refractivity contribution in [3.05, 3.63) is 54.6 Å². The molecule has 0 N–H and O–H groups in total. The molecule has 1 saturated heterocycles. The van der Waals surface area contributed by atoms with Gasteiger partial charge in [-0.2, -0.15) is 0 Å². The first-order valence-electron chi connectivity index (χ1n) is 7.07. The molecule has 2 atom stereocenters. The lowest BCUT2D eigenvalue weighted by Crippen LogP contribution is -2.25. The quantitative estimate of drug-likeness (QED) is 0.837. The van der Waals surface area contributed by atoms with E-state index in [1.807, 2.05) is 12.5 Å². The van der Waals surface area contributed by atoms with Gasteiger partial charge in [-0.1, -0.05) is 30.3 Å². The molecule has 0 aliphatic carbocycles. The number of likely N-dealkylation sites (tertiary alicyclic amines) is 1. The summed E-state index contributed by atoms with van der Waals surface area (Å²) < 4.78 is 2.20. The Morgan fingerprint density at radius 3 is 2.89 bits per heavy atom. The summed E-state index contributed by atoms with van der Waals surface area (Å²) in [5.41, 5.74) is 1.42. The van der Waals surface area contributed by atoms with E-state index in [9.17, 15) is 0 Å². The third kappa shape index (κ3) is 2.87. The maximum absolute atomic E-state index is 4.12. The number of hydrogen-bond acceptors (Lipinski definition) is 2. The van der Waals surface area contributed by atoms with E-state index in [4.69, 9.17) is 0 Å². The molecule has 2 aromatic rings. The van der Waals surface area contributed by atoms with Crippen LogP contribution in [-0.2, 0) is 6.54 Å². The highest BCUT2D eigenvalue weighted by Gasteiger charge is 2.26. The fraction of sp³-hybridized carbons (Fsp3) is 0.438. The van der Waals surface area contributed by atoms with Crippen molar-refractivity contribution in [1.29, 1.82) is 0 Å². The fourth-order valence-electron chi connectivity index (χ4n) is 3.00. The van der Waals surface area contributed by atoms with Gasteiger partial charge in [0.05, 0.1) is 6.33 Å². The molecule has 0 radical (unpaired) electrons. The van der Waals surface area contributed by atoms with Crippen LogP contribution in [0.15, 0.2) is 49.1 Å². The lowest BCUT2D eigenvalue weighted by molar-refractivity contribution is 0.248. The smallest absolute Gasteiger partial charge is 0.0946 e. The molecular weight excluding hydrogens is 234 g/mol. The Hall–Kier alpha value is -1.61. The minimum atomic E-state index is 0.522. The summed E-state index contributed by atoms with van der Waals surface area (Å²) in [6, 6.07) is 11.3. The molecule has 2 unspecified atom stereocenters. The van der Waals surface area contributed by atoms with Crippen molar-refractivity contribution in [2.24, 2.45) is 5.92 Å². The lowest BCUT2D eigenvalue weighted by Gasteiger charge is -2.24. The zero-order valence-electron chi connectivity index (χ0n) is 11.4. The van der Waals surface area contributed by atoms with Gasteiger partial charge >= 0.3 is 0 Å². The van der Waals surface area contributed by atoms with Crippen molar-refractivity contribution in [2.45, 2.75) is 25.9 Å². The Morgan fingerprint density at radius 2 is 2.16 bits per heavy atom. The van der Waals surface area contributed by atoms with Crippen LogP contribution < -0.4 is 0 Å². The molecule has 1 aromatic carbocycles. The van der Waals surface area contributed by atoms with Gasteiger partial charge in [0.25, 0.3) is 0 Å². The minimum Gasteiger partial charge on any atom is -0.337 e. The number of benzene rings is 1. The summed E-state index contributed by atoms with van der Waals surface area (Å²) in [6.45, 7) is 5.80. The highest BCUT2D eigenvalue weighted by molar-refractivity contribution is 5.18. The molecule has 0 amide bonds. The molecule has 0 spiro atoms. The Kier molecular flexibility index (Phi) is 3.65. The van der Waals surface area contributed by atoms with Crippen LogP contribution in [0.25, 0.3) is 0 Å². The Balaban J connectivity index is 1.59. The number of nitrogens with zero attached hydrogens (tertiary/aromatic N) is 3. The van der Waals surface area contributed by atoms with E-state index < -0.39 is 0 Å². The molecule has 0 saturated carbocycles. The summed E-state index contributed by atoms with van der Waals surface area (Å²) in [6.07, 6.45) is 7.13. The number of rotatable bonds is 4. The third-order valence-electron chi connectivity index (χ3n) is 4.18. The van der Waals surface area contributed by atoms with Gasteiger partial charge in [0, 0.05) is 31.5 Å². The lowest BCUT2D eigenvalue weighted by atomic mass is 10.1. The second-order valence-corrected chi connectivity index (χ2v) is 5.50. The van der Waals surface area contributed by atoms with Gasteiger partial charge in [-0.15, -0.1) is 0 Å². The van der Waals surface area contributed by atoms with E-state index >= 15 is 0 Å². The first-order valence-corrected chi connectivity index (χ1v) is 7.07. The van der Waals surface area contributed by atoms with Crippen molar-refractivity contribution in [3.8, 4) is 0 Å². The van der Waals surface area contributed by atoms with E-state index in [2.05, 4.69) is 57.9 Å². The first kappa shape index (κ1) is 12.4. The van der Waals surface area contributed by atoms with Crippen LogP contribution in [0.5, 0.6) is 0 Å². The summed E-state index contributed by atoms with van der Waals surface area (Å²) in [5.74, 6) is 0.750. The molecular formula is C16H21N3. The van der Waals surface area contributed by atoms with E-state index in [0.717, 1.165) is 12.5 Å². The largest absolute Gasteiger partial charge is 0.337 e. The molecule has 1 fully saturated rings. The number of hydrogen-bond donors (Lipinski definition) is 0. The second-order valence-electron chi connectivity index (χ2n) is 5.50. The maximum atomic E-state index is 4.12.